The van der Waals surface area contributed by atoms with E-state index in [9.17, 15) is 9.18 Å². The third-order valence-electron chi connectivity index (χ3n) is 5.76. The van der Waals surface area contributed by atoms with Gasteiger partial charge in [0.05, 0.1) is 6.54 Å². The number of hydrogen-bond donors (Lipinski definition) is 0. The summed E-state index contributed by atoms with van der Waals surface area (Å²) in [6.07, 6.45) is 2.68. The Morgan fingerprint density at radius 3 is 2.39 bits per heavy atom. The maximum absolute atomic E-state index is 13.1. The Bertz CT molecular complexity index is 1000. The summed E-state index contributed by atoms with van der Waals surface area (Å²) in [4.78, 5) is 15.1. The molecule has 1 fully saturated rings. The lowest BCUT2D eigenvalue weighted by Gasteiger charge is -2.30. The van der Waals surface area contributed by atoms with E-state index in [2.05, 4.69) is 41.1 Å². The number of carbonyl (C=O) groups is 1. The van der Waals surface area contributed by atoms with Gasteiger partial charge in [-0.2, -0.15) is 0 Å². The summed E-state index contributed by atoms with van der Waals surface area (Å²) in [7, 11) is 0. The van der Waals surface area contributed by atoms with Crippen molar-refractivity contribution in [2.45, 2.75) is 39.7 Å². The summed E-state index contributed by atoms with van der Waals surface area (Å²) in [5, 5.41) is 8.19. The minimum Gasteiger partial charge on any atom is -0.419 e. The smallest absolute Gasteiger partial charge is 0.247 e. The van der Waals surface area contributed by atoms with Crippen molar-refractivity contribution in [3.05, 3.63) is 71.4 Å². The molecule has 0 N–H and O–H groups in total. The number of hydrogen-bond acceptors (Lipinski definition) is 5. The number of halogens is 1. The predicted molar refractivity (Wildman–Crippen MR) is 117 cm³/mol. The van der Waals surface area contributed by atoms with Gasteiger partial charge in [0, 0.05) is 17.0 Å². The van der Waals surface area contributed by atoms with Gasteiger partial charge in [-0.05, 0) is 68.1 Å². The minimum atomic E-state index is -0.299. The SMILES string of the molecule is CC(C)Cc1ccc(C(=O)C2CCN(Cc3nnc(-c4ccc(F)cc4)o3)CC2)cc1. The van der Waals surface area contributed by atoms with Gasteiger partial charge in [-0.3, -0.25) is 9.69 Å². The molecule has 31 heavy (non-hydrogen) atoms. The van der Waals surface area contributed by atoms with Crippen molar-refractivity contribution in [1.29, 1.82) is 0 Å². The van der Waals surface area contributed by atoms with Crippen molar-refractivity contribution in [2.75, 3.05) is 13.1 Å². The average Bonchev–Trinajstić information content (AvgIpc) is 3.23. The molecule has 1 aromatic heterocycles. The Balaban J connectivity index is 1.30. The van der Waals surface area contributed by atoms with Crippen molar-refractivity contribution < 1.29 is 13.6 Å². The molecule has 2 heterocycles. The monoisotopic (exact) mass is 421 g/mol. The van der Waals surface area contributed by atoms with Crippen LogP contribution in [0.15, 0.2) is 52.9 Å². The second kappa shape index (κ2) is 9.52. The fraction of sp³-hybridized carbons (Fsp3) is 0.400. The van der Waals surface area contributed by atoms with E-state index in [1.54, 1.807) is 12.1 Å². The molecular weight excluding hydrogens is 393 g/mol. The summed E-state index contributed by atoms with van der Waals surface area (Å²) in [5.74, 6) is 1.53. The van der Waals surface area contributed by atoms with E-state index < -0.39 is 0 Å². The summed E-state index contributed by atoms with van der Waals surface area (Å²) in [5.41, 5.74) is 2.79. The molecule has 0 saturated carbocycles. The van der Waals surface area contributed by atoms with Crippen molar-refractivity contribution >= 4 is 5.78 Å². The lowest BCUT2D eigenvalue weighted by Crippen LogP contribution is -2.36. The zero-order valence-electron chi connectivity index (χ0n) is 18.1. The zero-order chi connectivity index (χ0) is 21.8. The highest BCUT2D eigenvalue weighted by Gasteiger charge is 2.26. The van der Waals surface area contributed by atoms with E-state index in [0.29, 0.717) is 29.8 Å². The molecule has 1 aliphatic heterocycles. The number of piperidine rings is 1. The molecule has 0 atom stereocenters. The first-order valence-electron chi connectivity index (χ1n) is 10.9. The number of rotatable bonds is 7. The number of likely N-dealkylation sites (tertiary alicyclic amines) is 1. The quantitative estimate of drug-likeness (QED) is 0.493. The molecule has 3 aromatic rings. The third kappa shape index (κ3) is 5.44. The van der Waals surface area contributed by atoms with E-state index in [-0.39, 0.29) is 17.5 Å². The first-order valence-corrected chi connectivity index (χ1v) is 10.9. The van der Waals surface area contributed by atoms with Gasteiger partial charge >= 0.3 is 0 Å². The Kier molecular flexibility index (Phi) is 6.56. The molecular formula is C25H28FN3O2. The molecule has 0 aliphatic carbocycles. The summed E-state index contributed by atoms with van der Waals surface area (Å²) in [6, 6.07) is 14.1. The largest absolute Gasteiger partial charge is 0.419 e. The van der Waals surface area contributed by atoms with Crippen molar-refractivity contribution in [3.8, 4) is 11.5 Å². The lowest BCUT2D eigenvalue weighted by molar-refractivity contribution is 0.0828. The number of ketones is 1. The fourth-order valence-corrected chi connectivity index (χ4v) is 4.08. The Labute approximate surface area is 182 Å². The van der Waals surface area contributed by atoms with Crippen LogP contribution in [-0.4, -0.2) is 34.0 Å². The molecule has 162 valence electrons. The standard InChI is InChI=1S/C25H28FN3O2/c1-17(2)15-18-3-5-19(6-4-18)24(30)20-11-13-29(14-12-20)16-23-27-28-25(31-23)21-7-9-22(26)10-8-21/h3-10,17,20H,11-16H2,1-2H3. The molecule has 0 amide bonds. The Morgan fingerprint density at radius 1 is 1.06 bits per heavy atom. The van der Waals surface area contributed by atoms with Crippen LogP contribution in [0, 0.1) is 17.7 Å². The highest BCUT2D eigenvalue weighted by Crippen LogP contribution is 2.24. The number of aromatic nitrogens is 2. The second-order valence-corrected chi connectivity index (χ2v) is 8.72. The molecule has 0 bridgehead atoms. The molecule has 0 unspecified atom stereocenters. The van der Waals surface area contributed by atoms with Crippen LogP contribution in [-0.2, 0) is 13.0 Å². The van der Waals surface area contributed by atoms with Gasteiger partial charge in [0.25, 0.3) is 0 Å². The average molecular weight is 422 g/mol. The van der Waals surface area contributed by atoms with Crippen LogP contribution in [0.1, 0.15) is 48.5 Å². The first kappa shape index (κ1) is 21.4. The molecule has 4 rings (SSSR count). The molecule has 5 nitrogen and oxygen atoms in total. The van der Waals surface area contributed by atoms with Gasteiger partial charge in [-0.25, -0.2) is 4.39 Å². The fourth-order valence-electron chi connectivity index (χ4n) is 4.08. The summed E-state index contributed by atoms with van der Waals surface area (Å²) < 4.78 is 18.8. The van der Waals surface area contributed by atoms with Gasteiger partial charge < -0.3 is 4.42 Å². The van der Waals surface area contributed by atoms with Gasteiger partial charge in [-0.1, -0.05) is 38.1 Å². The van der Waals surface area contributed by atoms with E-state index in [0.717, 1.165) is 37.9 Å². The van der Waals surface area contributed by atoms with Crippen LogP contribution in [0.25, 0.3) is 11.5 Å². The zero-order valence-corrected chi connectivity index (χ0v) is 18.1. The molecule has 0 radical (unpaired) electrons. The van der Waals surface area contributed by atoms with Crippen LogP contribution >= 0.6 is 0 Å². The summed E-state index contributed by atoms with van der Waals surface area (Å²) in [6.45, 7) is 6.58. The number of Topliss-reactive ketones (excluding diaryl/α,β-unsaturated/α-hetero) is 1. The highest BCUT2D eigenvalue weighted by atomic mass is 19.1. The lowest BCUT2D eigenvalue weighted by atomic mass is 9.88. The Hall–Kier alpha value is -2.86. The maximum atomic E-state index is 13.1. The van der Waals surface area contributed by atoms with Gasteiger partial charge in [0.15, 0.2) is 5.78 Å². The number of benzene rings is 2. The summed E-state index contributed by atoms with van der Waals surface area (Å²) >= 11 is 0. The van der Waals surface area contributed by atoms with Crippen LogP contribution in [0.2, 0.25) is 0 Å². The molecule has 0 spiro atoms. The Morgan fingerprint density at radius 2 is 1.74 bits per heavy atom. The van der Waals surface area contributed by atoms with Gasteiger partial charge in [0.2, 0.25) is 11.8 Å². The van der Waals surface area contributed by atoms with Gasteiger partial charge in [-0.15, -0.1) is 10.2 Å². The van der Waals surface area contributed by atoms with E-state index in [4.69, 9.17) is 4.42 Å². The number of nitrogens with zero attached hydrogens (tertiary/aromatic N) is 3. The third-order valence-corrected chi connectivity index (χ3v) is 5.76. The van der Waals surface area contributed by atoms with E-state index >= 15 is 0 Å². The topological polar surface area (TPSA) is 59.2 Å². The van der Waals surface area contributed by atoms with Crippen LogP contribution < -0.4 is 0 Å². The van der Waals surface area contributed by atoms with Crippen LogP contribution in [0.3, 0.4) is 0 Å². The van der Waals surface area contributed by atoms with Crippen molar-refractivity contribution in [2.24, 2.45) is 11.8 Å². The molecule has 6 heteroatoms. The highest BCUT2D eigenvalue weighted by molar-refractivity contribution is 5.97. The normalized spacial score (nSPS) is 15.5. The predicted octanol–water partition coefficient (Wildman–Crippen LogP) is 5.17. The maximum Gasteiger partial charge on any atom is 0.247 e. The molecule has 2 aromatic carbocycles. The van der Waals surface area contributed by atoms with Crippen LogP contribution in [0.4, 0.5) is 4.39 Å². The van der Waals surface area contributed by atoms with Crippen LogP contribution in [0.5, 0.6) is 0 Å². The number of carbonyl (C=O) groups excluding carboxylic acids is 1. The molecule has 1 aliphatic rings. The minimum absolute atomic E-state index is 0.0599. The second-order valence-electron chi connectivity index (χ2n) is 8.72. The van der Waals surface area contributed by atoms with Gasteiger partial charge in [0.1, 0.15) is 5.82 Å². The van der Waals surface area contributed by atoms with Crippen molar-refractivity contribution in [1.82, 2.24) is 15.1 Å². The first-order chi connectivity index (χ1) is 15.0. The van der Waals surface area contributed by atoms with E-state index in [1.165, 1.54) is 17.7 Å². The van der Waals surface area contributed by atoms with Crippen molar-refractivity contribution in [3.63, 3.8) is 0 Å². The van der Waals surface area contributed by atoms with E-state index in [1.807, 2.05) is 12.1 Å². The molecule has 1 saturated heterocycles.